The molecule has 162 valence electrons. The van der Waals surface area contributed by atoms with E-state index in [1.165, 1.54) is 4.31 Å². The molecule has 1 fully saturated rings. The van der Waals surface area contributed by atoms with Gasteiger partial charge in [-0.2, -0.15) is 4.31 Å². The van der Waals surface area contributed by atoms with Crippen molar-refractivity contribution in [1.82, 2.24) is 14.5 Å². The van der Waals surface area contributed by atoms with Crippen LogP contribution in [0.1, 0.15) is 12.5 Å². The predicted octanol–water partition coefficient (Wildman–Crippen LogP) is 3.36. The standard InChI is InChI=1S/C23H26N4O3S/c1-3-30-20-8-6-19(7-9-20)22-12-13-23(25-24-22)26-14-16-27(17-15-26)31(28,29)21-10-4-18(2)5-11-21/h4-13H,3,14-17H2,1-2H3. The molecule has 1 saturated heterocycles. The van der Waals surface area contributed by atoms with Gasteiger partial charge in [-0.1, -0.05) is 17.7 Å². The zero-order valence-electron chi connectivity index (χ0n) is 17.7. The molecule has 1 aliphatic rings. The van der Waals surface area contributed by atoms with Gasteiger partial charge < -0.3 is 9.64 Å². The third kappa shape index (κ3) is 4.70. The quantitative estimate of drug-likeness (QED) is 0.587. The number of aromatic nitrogens is 2. The van der Waals surface area contributed by atoms with Gasteiger partial charge in [0.25, 0.3) is 0 Å². The molecule has 0 unspecified atom stereocenters. The summed E-state index contributed by atoms with van der Waals surface area (Å²) in [6, 6.07) is 18.6. The summed E-state index contributed by atoms with van der Waals surface area (Å²) < 4.78 is 32.8. The number of aryl methyl sites for hydroxylation is 1. The van der Waals surface area contributed by atoms with Crippen molar-refractivity contribution in [3.63, 3.8) is 0 Å². The summed E-state index contributed by atoms with van der Waals surface area (Å²) in [7, 11) is -3.47. The van der Waals surface area contributed by atoms with E-state index in [1.54, 1.807) is 12.1 Å². The van der Waals surface area contributed by atoms with Crippen LogP contribution in [0.15, 0.2) is 65.6 Å². The molecule has 0 N–H and O–H groups in total. The van der Waals surface area contributed by atoms with Crippen molar-refractivity contribution in [3.8, 4) is 17.0 Å². The van der Waals surface area contributed by atoms with Crippen LogP contribution < -0.4 is 9.64 Å². The maximum Gasteiger partial charge on any atom is 0.243 e. The zero-order valence-corrected chi connectivity index (χ0v) is 18.5. The van der Waals surface area contributed by atoms with Crippen LogP contribution in [0.25, 0.3) is 11.3 Å². The first-order chi connectivity index (χ1) is 15.0. The van der Waals surface area contributed by atoms with E-state index in [2.05, 4.69) is 15.1 Å². The lowest BCUT2D eigenvalue weighted by molar-refractivity contribution is 0.340. The lowest BCUT2D eigenvalue weighted by atomic mass is 10.1. The Labute approximate surface area is 183 Å². The minimum Gasteiger partial charge on any atom is -0.494 e. The number of rotatable bonds is 6. The van der Waals surface area contributed by atoms with Gasteiger partial charge >= 0.3 is 0 Å². The molecule has 0 saturated carbocycles. The summed E-state index contributed by atoms with van der Waals surface area (Å²) >= 11 is 0. The molecule has 2 aromatic carbocycles. The number of benzene rings is 2. The second-order valence-corrected chi connectivity index (χ2v) is 9.38. The van der Waals surface area contributed by atoms with E-state index in [4.69, 9.17) is 4.74 Å². The molecule has 7 nitrogen and oxygen atoms in total. The molecule has 3 aromatic rings. The first-order valence-electron chi connectivity index (χ1n) is 10.4. The van der Waals surface area contributed by atoms with Crippen molar-refractivity contribution in [2.24, 2.45) is 0 Å². The van der Waals surface area contributed by atoms with Crippen molar-refractivity contribution in [1.29, 1.82) is 0 Å². The Hall–Kier alpha value is -2.97. The molecule has 0 atom stereocenters. The van der Waals surface area contributed by atoms with Gasteiger partial charge in [0.05, 0.1) is 17.2 Å². The monoisotopic (exact) mass is 438 g/mol. The highest BCUT2D eigenvalue weighted by atomic mass is 32.2. The molecule has 2 heterocycles. The first kappa shape index (κ1) is 21.3. The van der Waals surface area contributed by atoms with E-state index < -0.39 is 10.0 Å². The molecule has 0 aliphatic carbocycles. The molecule has 0 radical (unpaired) electrons. The summed E-state index contributed by atoms with van der Waals surface area (Å²) in [5.74, 6) is 1.58. The van der Waals surface area contributed by atoms with Gasteiger partial charge in [-0.3, -0.25) is 0 Å². The topological polar surface area (TPSA) is 75.6 Å². The Morgan fingerprint density at radius 1 is 0.871 bits per heavy atom. The van der Waals surface area contributed by atoms with Gasteiger partial charge in [-0.25, -0.2) is 8.42 Å². The van der Waals surface area contributed by atoms with E-state index in [0.29, 0.717) is 37.7 Å². The summed E-state index contributed by atoms with van der Waals surface area (Å²) in [6.45, 7) is 6.50. The van der Waals surface area contributed by atoms with Crippen molar-refractivity contribution in [3.05, 3.63) is 66.2 Å². The van der Waals surface area contributed by atoms with Gasteiger partial charge in [0.15, 0.2) is 5.82 Å². The van der Waals surface area contributed by atoms with Crippen molar-refractivity contribution in [2.45, 2.75) is 18.7 Å². The van der Waals surface area contributed by atoms with Crippen molar-refractivity contribution >= 4 is 15.8 Å². The van der Waals surface area contributed by atoms with Crippen LogP contribution in [-0.2, 0) is 10.0 Å². The summed E-state index contributed by atoms with van der Waals surface area (Å²) in [4.78, 5) is 2.40. The highest BCUT2D eigenvalue weighted by Gasteiger charge is 2.29. The molecule has 0 amide bonds. The van der Waals surface area contributed by atoms with Gasteiger partial charge in [0, 0.05) is 31.7 Å². The molecule has 0 spiro atoms. The molecule has 1 aromatic heterocycles. The smallest absolute Gasteiger partial charge is 0.243 e. The lowest BCUT2D eigenvalue weighted by Crippen LogP contribution is -2.49. The van der Waals surface area contributed by atoms with Gasteiger partial charge in [0.1, 0.15) is 5.75 Å². The maximum atomic E-state index is 12.9. The van der Waals surface area contributed by atoms with E-state index in [0.717, 1.165) is 28.4 Å². The fraction of sp³-hybridized carbons (Fsp3) is 0.304. The second-order valence-electron chi connectivity index (χ2n) is 7.44. The average molecular weight is 439 g/mol. The van der Waals surface area contributed by atoms with Crippen molar-refractivity contribution in [2.75, 3.05) is 37.7 Å². The maximum absolute atomic E-state index is 12.9. The van der Waals surface area contributed by atoms with Crippen molar-refractivity contribution < 1.29 is 13.2 Å². The Morgan fingerprint density at radius 2 is 1.55 bits per heavy atom. The van der Waals surface area contributed by atoms with Crippen LogP contribution in [0.5, 0.6) is 5.75 Å². The minimum absolute atomic E-state index is 0.339. The Bertz CT molecular complexity index is 1110. The van der Waals surface area contributed by atoms with Gasteiger partial charge in [-0.05, 0) is 62.4 Å². The third-order valence-electron chi connectivity index (χ3n) is 5.33. The molecule has 4 rings (SSSR count). The normalized spacial score (nSPS) is 15.1. The fourth-order valence-electron chi connectivity index (χ4n) is 3.55. The number of hydrogen-bond acceptors (Lipinski definition) is 6. The largest absolute Gasteiger partial charge is 0.494 e. The van der Waals surface area contributed by atoms with E-state index in [1.807, 2.05) is 62.4 Å². The summed E-state index contributed by atoms with van der Waals surface area (Å²) in [5, 5.41) is 8.73. The molecular weight excluding hydrogens is 412 g/mol. The number of ether oxygens (including phenoxy) is 1. The third-order valence-corrected chi connectivity index (χ3v) is 7.25. The van der Waals surface area contributed by atoms with Crippen LogP contribution in [0.4, 0.5) is 5.82 Å². The molecule has 1 aliphatic heterocycles. The van der Waals surface area contributed by atoms with E-state index >= 15 is 0 Å². The number of sulfonamides is 1. The number of hydrogen-bond donors (Lipinski definition) is 0. The number of anilines is 1. The molecule has 0 bridgehead atoms. The molecular formula is C23H26N4O3S. The van der Waals surface area contributed by atoms with Crippen LogP contribution >= 0.6 is 0 Å². The fourth-order valence-corrected chi connectivity index (χ4v) is 4.98. The van der Waals surface area contributed by atoms with Crippen LogP contribution in [0.2, 0.25) is 0 Å². The predicted molar refractivity (Wildman–Crippen MR) is 121 cm³/mol. The van der Waals surface area contributed by atoms with E-state index in [-0.39, 0.29) is 0 Å². The second kappa shape index (κ2) is 9.03. The SMILES string of the molecule is CCOc1ccc(-c2ccc(N3CCN(S(=O)(=O)c4ccc(C)cc4)CC3)nn2)cc1. The van der Waals surface area contributed by atoms with Crippen LogP contribution in [-0.4, -0.2) is 55.7 Å². The Morgan fingerprint density at radius 3 is 2.13 bits per heavy atom. The highest BCUT2D eigenvalue weighted by Crippen LogP contribution is 2.23. The zero-order chi connectivity index (χ0) is 21.8. The van der Waals surface area contributed by atoms with E-state index in [9.17, 15) is 8.42 Å². The Kier molecular flexibility index (Phi) is 6.20. The lowest BCUT2D eigenvalue weighted by Gasteiger charge is -2.34. The Balaban J connectivity index is 1.40. The molecule has 8 heteroatoms. The first-order valence-corrected chi connectivity index (χ1v) is 11.8. The highest BCUT2D eigenvalue weighted by molar-refractivity contribution is 7.89. The minimum atomic E-state index is -3.47. The summed E-state index contributed by atoms with van der Waals surface area (Å²) in [5.41, 5.74) is 2.79. The van der Waals surface area contributed by atoms with Gasteiger partial charge in [-0.15, -0.1) is 10.2 Å². The van der Waals surface area contributed by atoms with Crippen LogP contribution in [0, 0.1) is 6.92 Å². The van der Waals surface area contributed by atoms with Gasteiger partial charge in [0.2, 0.25) is 10.0 Å². The number of nitrogens with zero attached hydrogens (tertiary/aromatic N) is 4. The average Bonchev–Trinajstić information content (AvgIpc) is 2.80. The summed E-state index contributed by atoms with van der Waals surface area (Å²) in [6.07, 6.45) is 0. The molecule has 31 heavy (non-hydrogen) atoms. The number of piperazine rings is 1. The van der Waals surface area contributed by atoms with Crippen LogP contribution in [0.3, 0.4) is 0 Å².